The highest BCUT2D eigenvalue weighted by Gasteiger charge is 2.17. The molecule has 0 amide bonds. The zero-order chi connectivity index (χ0) is 9.47. The fourth-order valence-corrected chi connectivity index (χ4v) is 1.72. The third kappa shape index (κ3) is 2.02. The van der Waals surface area contributed by atoms with Gasteiger partial charge in [0.1, 0.15) is 0 Å². The first-order valence-corrected chi connectivity index (χ1v) is 5.72. The fourth-order valence-electron chi connectivity index (χ4n) is 1.20. The average Bonchev–Trinajstić information content (AvgIpc) is 2.47. The van der Waals surface area contributed by atoms with Crippen molar-refractivity contribution in [1.29, 1.82) is 0 Å². The van der Waals surface area contributed by atoms with E-state index in [9.17, 15) is 8.42 Å². The molecule has 0 bridgehead atoms. The minimum absolute atomic E-state index is 0. The van der Waals surface area contributed by atoms with Gasteiger partial charge >= 0.3 is 0 Å². The Morgan fingerprint density at radius 2 is 2.00 bits per heavy atom. The van der Waals surface area contributed by atoms with Gasteiger partial charge in [-0.25, -0.2) is 13.4 Å². The van der Waals surface area contributed by atoms with E-state index in [2.05, 4.69) is 15.3 Å². The number of nitrogens with one attached hydrogen (secondary N) is 1. The van der Waals surface area contributed by atoms with Crippen molar-refractivity contribution in [3.63, 3.8) is 0 Å². The van der Waals surface area contributed by atoms with E-state index < -0.39 is 9.84 Å². The molecule has 0 atom stereocenters. The third-order valence-corrected chi connectivity index (χ3v) is 2.83. The number of rotatable bonds is 1. The molecule has 1 aromatic heterocycles. The van der Waals surface area contributed by atoms with Crippen molar-refractivity contribution in [3.8, 4) is 0 Å². The Kier molecular flexibility index (Phi) is 3.08. The summed E-state index contributed by atoms with van der Waals surface area (Å²) in [6, 6.07) is 0. The lowest BCUT2D eigenvalue weighted by molar-refractivity contribution is 0.596. The summed E-state index contributed by atoms with van der Waals surface area (Å²) >= 11 is 0. The van der Waals surface area contributed by atoms with Gasteiger partial charge in [0.05, 0.1) is 17.6 Å². The van der Waals surface area contributed by atoms with E-state index in [0.717, 1.165) is 17.6 Å². The minimum Gasteiger partial charge on any atom is -0.305 e. The molecule has 0 radical (unpaired) electrons. The Labute approximate surface area is 88.3 Å². The average molecular weight is 236 g/mol. The van der Waals surface area contributed by atoms with Crippen LogP contribution in [-0.2, 0) is 22.9 Å². The summed E-state index contributed by atoms with van der Waals surface area (Å²) < 4.78 is 22.2. The van der Waals surface area contributed by atoms with E-state index in [1.54, 1.807) is 0 Å². The first-order chi connectivity index (χ1) is 6.07. The molecule has 1 aromatic rings. The topological polar surface area (TPSA) is 72.0 Å². The van der Waals surface area contributed by atoms with Crippen molar-refractivity contribution in [2.45, 2.75) is 18.1 Å². The van der Waals surface area contributed by atoms with Crippen LogP contribution < -0.4 is 5.32 Å². The van der Waals surface area contributed by atoms with Crippen LogP contribution in [0.4, 0.5) is 0 Å². The lowest BCUT2D eigenvalue weighted by atomic mass is 10.4. The van der Waals surface area contributed by atoms with E-state index in [-0.39, 0.29) is 17.4 Å². The van der Waals surface area contributed by atoms with Gasteiger partial charge in [-0.2, -0.15) is 0 Å². The second-order valence-corrected chi connectivity index (χ2v) is 4.94. The van der Waals surface area contributed by atoms with Gasteiger partial charge in [0.15, 0.2) is 14.9 Å². The van der Waals surface area contributed by atoms with Crippen molar-refractivity contribution in [3.05, 3.63) is 17.6 Å². The van der Waals surface area contributed by atoms with Crippen LogP contribution in [0.25, 0.3) is 0 Å². The highest BCUT2D eigenvalue weighted by molar-refractivity contribution is 7.90. The summed E-state index contributed by atoms with van der Waals surface area (Å²) in [4.78, 5) is 8.03. The van der Waals surface area contributed by atoms with Crippen LogP contribution in [0.3, 0.4) is 0 Å². The summed E-state index contributed by atoms with van der Waals surface area (Å²) in [7, 11) is -3.23. The van der Waals surface area contributed by atoms with Crippen LogP contribution >= 0.6 is 12.4 Å². The standard InChI is InChI=1S/C7H9N3O2S.ClH/c1-13(11,12)7-4-9-5-2-8-3-6(5)10-7;/h4,8H,2-3H2,1H3;1H. The molecule has 1 aliphatic rings. The molecule has 5 nitrogen and oxygen atoms in total. The predicted octanol–water partition coefficient (Wildman–Crippen LogP) is -0.0949. The maximum atomic E-state index is 11.1. The number of aromatic nitrogens is 2. The molecule has 0 aromatic carbocycles. The molecule has 2 heterocycles. The van der Waals surface area contributed by atoms with Gasteiger partial charge in [0, 0.05) is 19.3 Å². The summed E-state index contributed by atoms with van der Waals surface area (Å²) in [6.45, 7) is 1.28. The van der Waals surface area contributed by atoms with Gasteiger partial charge in [-0.15, -0.1) is 12.4 Å². The highest BCUT2D eigenvalue weighted by atomic mass is 35.5. The first-order valence-electron chi connectivity index (χ1n) is 3.83. The van der Waals surface area contributed by atoms with Crippen LogP contribution in [0.15, 0.2) is 11.2 Å². The largest absolute Gasteiger partial charge is 0.305 e. The van der Waals surface area contributed by atoms with E-state index >= 15 is 0 Å². The Morgan fingerprint density at radius 1 is 1.36 bits per heavy atom. The first kappa shape index (κ1) is 11.4. The van der Waals surface area contributed by atoms with Gasteiger partial charge < -0.3 is 5.32 Å². The van der Waals surface area contributed by atoms with Crippen LogP contribution in [0.1, 0.15) is 11.4 Å². The number of fused-ring (bicyclic) bond motifs is 1. The molecular formula is C7H10ClN3O2S. The van der Waals surface area contributed by atoms with Gasteiger partial charge in [0.25, 0.3) is 0 Å². The van der Waals surface area contributed by atoms with Crippen LogP contribution in [0.5, 0.6) is 0 Å². The second kappa shape index (κ2) is 3.80. The van der Waals surface area contributed by atoms with Crippen molar-refractivity contribution in [2.24, 2.45) is 0 Å². The molecule has 7 heteroatoms. The molecule has 14 heavy (non-hydrogen) atoms. The smallest absolute Gasteiger partial charge is 0.194 e. The normalized spacial score (nSPS) is 14.6. The highest BCUT2D eigenvalue weighted by Crippen LogP contribution is 2.12. The molecule has 0 aliphatic carbocycles. The van der Waals surface area contributed by atoms with Crippen LogP contribution in [0, 0.1) is 0 Å². The number of sulfone groups is 1. The molecule has 0 fully saturated rings. The van der Waals surface area contributed by atoms with Crippen molar-refractivity contribution in [2.75, 3.05) is 6.26 Å². The lowest BCUT2D eigenvalue weighted by Gasteiger charge is -1.99. The fraction of sp³-hybridized carbons (Fsp3) is 0.429. The quantitative estimate of drug-likeness (QED) is 0.736. The Morgan fingerprint density at radius 3 is 2.64 bits per heavy atom. The van der Waals surface area contributed by atoms with E-state index in [1.807, 2.05) is 0 Å². The number of hydrogen-bond donors (Lipinski definition) is 1. The summed E-state index contributed by atoms with van der Waals surface area (Å²) in [5, 5.41) is 3.10. The summed E-state index contributed by atoms with van der Waals surface area (Å²) in [5.41, 5.74) is 1.58. The lowest BCUT2D eigenvalue weighted by Crippen LogP contribution is -2.04. The number of nitrogens with zero attached hydrogens (tertiary/aromatic N) is 2. The number of hydrogen-bond acceptors (Lipinski definition) is 5. The Hall–Kier alpha value is -0.720. The van der Waals surface area contributed by atoms with Crippen molar-refractivity contribution in [1.82, 2.24) is 15.3 Å². The van der Waals surface area contributed by atoms with E-state index in [1.165, 1.54) is 6.20 Å². The van der Waals surface area contributed by atoms with Gasteiger partial charge in [-0.05, 0) is 0 Å². The second-order valence-electron chi connectivity index (χ2n) is 2.98. The van der Waals surface area contributed by atoms with Gasteiger partial charge in [0.2, 0.25) is 0 Å². The molecule has 0 unspecified atom stereocenters. The van der Waals surface area contributed by atoms with Crippen LogP contribution in [-0.4, -0.2) is 24.6 Å². The molecule has 1 aliphatic heterocycles. The Bertz CT molecular complexity index is 446. The number of halogens is 1. The monoisotopic (exact) mass is 235 g/mol. The third-order valence-electron chi connectivity index (χ3n) is 1.87. The molecule has 0 saturated heterocycles. The molecule has 78 valence electrons. The zero-order valence-corrected chi connectivity index (χ0v) is 9.15. The van der Waals surface area contributed by atoms with Crippen molar-refractivity contribution >= 4 is 22.2 Å². The predicted molar refractivity (Wildman–Crippen MR) is 52.9 cm³/mol. The zero-order valence-electron chi connectivity index (χ0n) is 7.52. The van der Waals surface area contributed by atoms with Crippen molar-refractivity contribution < 1.29 is 8.42 Å². The van der Waals surface area contributed by atoms with E-state index in [4.69, 9.17) is 0 Å². The van der Waals surface area contributed by atoms with E-state index in [0.29, 0.717) is 13.1 Å². The molecule has 0 spiro atoms. The SMILES string of the molecule is CS(=O)(=O)c1cnc2c(n1)CNC2.Cl. The summed E-state index contributed by atoms with van der Waals surface area (Å²) in [6.07, 6.45) is 2.44. The Balaban J connectivity index is 0.000000980. The molecule has 2 rings (SSSR count). The van der Waals surface area contributed by atoms with Crippen LogP contribution in [0.2, 0.25) is 0 Å². The van der Waals surface area contributed by atoms with Gasteiger partial charge in [-0.3, -0.25) is 4.98 Å². The minimum atomic E-state index is -3.23. The molecule has 1 N–H and O–H groups in total. The summed E-state index contributed by atoms with van der Waals surface area (Å²) in [5.74, 6) is 0. The molecule has 0 saturated carbocycles. The van der Waals surface area contributed by atoms with Gasteiger partial charge in [-0.1, -0.05) is 0 Å². The maximum absolute atomic E-state index is 11.1. The molecular weight excluding hydrogens is 226 g/mol. The maximum Gasteiger partial charge on any atom is 0.194 e.